The van der Waals surface area contributed by atoms with Gasteiger partial charge >= 0.3 is 0 Å². The SMILES string of the molecule is CC1(C)c2ccccc2-c2cc(-c3ccc(N(c4ccc(-c5ccccc5)cc4)c4ccc5ccccc5c4)cc3)cc(-c3ccccc3)c21. The summed E-state index contributed by atoms with van der Waals surface area (Å²) in [5.41, 5.74) is 16.2. The fourth-order valence-electron chi connectivity index (χ4n) is 7.94. The second kappa shape index (κ2) is 12.1. The molecule has 0 unspecified atom stereocenters. The highest BCUT2D eigenvalue weighted by molar-refractivity contribution is 5.93. The molecule has 0 N–H and O–H groups in total. The summed E-state index contributed by atoms with van der Waals surface area (Å²) in [6.45, 7) is 4.73. The minimum absolute atomic E-state index is 0.0874. The highest BCUT2D eigenvalue weighted by Gasteiger charge is 2.37. The molecule has 8 aromatic carbocycles. The number of benzene rings is 8. The number of hydrogen-bond acceptors (Lipinski definition) is 1. The lowest BCUT2D eigenvalue weighted by Gasteiger charge is -2.27. The summed E-state index contributed by atoms with van der Waals surface area (Å²) >= 11 is 0. The van der Waals surface area contributed by atoms with Crippen LogP contribution < -0.4 is 4.90 Å². The first kappa shape index (κ1) is 29.9. The minimum Gasteiger partial charge on any atom is -0.310 e. The van der Waals surface area contributed by atoms with Gasteiger partial charge < -0.3 is 4.90 Å². The second-order valence-corrected chi connectivity index (χ2v) is 13.8. The molecule has 50 heavy (non-hydrogen) atoms. The molecule has 238 valence electrons. The lowest BCUT2D eigenvalue weighted by atomic mass is 9.78. The van der Waals surface area contributed by atoms with Crippen molar-refractivity contribution in [3.63, 3.8) is 0 Å². The minimum atomic E-state index is -0.0874. The molecule has 0 saturated carbocycles. The molecule has 0 bridgehead atoms. The van der Waals surface area contributed by atoms with Crippen LogP contribution >= 0.6 is 0 Å². The molecule has 9 rings (SSSR count). The third-order valence-electron chi connectivity index (χ3n) is 10.4. The molecule has 1 nitrogen and oxygen atoms in total. The zero-order chi connectivity index (χ0) is 33.7. The van der Waals surface area contributed by atoms with Crippen molar-refractivity contribution in [1.82, 2.24) is 0 Å². The Kier molecular flexibility index (Phi) is 7.21. The molecule has 1 heteroatoms. The summed E-state index contributed by atoms with van der Waals surface area (Å²) in [6, 6.07) is 68.5. The normalized spacial score (nSPS) is 12.8. The third kappa shape index (κ3) is 5.11. The third-order valence-corrected chi connectivity index (χ3v) is 10.4. The van der Waals surface area contributed by atoms with Crippen LogP contribution in [0.4, 0.5) is 17.1 Å². The summed E-state index contributed by atoms with van der Waals surface area (Å²) in [6.07, 6.45) is 0. The molecule has 0 heterocycles. The van der Waals surface area contributed by atoms with Gasteiger partial charge in [-0.1, -0.05) is 153 Å². The van der Waals surface area contributed by atoms with Crippen molar-refractivity contribution < 1.29 is 0 Å². The highest BCUT2D eigenvalue weighted by Crippen LogP contribution is 2.53. The smallest absolute Gasteiger partial charge is 0.0468 e. The molecule has 0 aromatic heterocycles. The van der Waals surface area contributed by atoms with Gasteiger partial charge in [0.05, 0.1) is 0 Å². The molecular weight excluding hydrogens is 603 g/mol. The van der Waals surface area contributed by atoms with Gasteiger partial charge in [0, 0.05) is 22.5 Å². The average molecular weight is 640 g/mol. The molecule has 0 fully saturated rings. The number of rotatable bonds is 6. The van der Waals surface area contributed by atoms with E-state index in [1.807, 2.05) is 0 Å². The fourth-order valence-corrected chi connectivity index (χ4v) is 7.94. The molecule has 0 saturated heterocycles. The number of hydrogen-bond donors (Lipinski definition) is 0. The van der Waals surface area contributed by atoms with Gasteiger partial charge in [0.1, 0.15) is 0 Å². The predicted molar refractivity (Wildman–Crippen MR) is 213 cm³/mol. The number of nitrogens with zero attached hydrogens (tertiary/aromatic N) is 1. The van der Waals surface area contributed by atoms with Crippen LogP contribution in [0.5, 0.6) is 0 Å². The summed E-state index contributed by atoms with van der Waals surface area (Å²) in [7, 11) is 0. The molecule has 8 aromatic rings. The van der Waals surface area contributed by atoms with Crippen molar-refractivity contribution in [1.29, 1.82) is 0 Å². The van der Waals surface area contributed by atoms with Gasteiger partial charge in [-0.25, -0.2) is 0 Å². The van der Waals surface area contributed by atoms with Crippen LogP contribution in [0.1, 0.15) is 25.0 Å². The molecule has 0 spiro atoms. The van der Waals surface area contributed by atoms with Gasteiger partial charge in [0.15, 0.2) is 0 Å². The maximum atomic E-state index is 2.41. The van der Waals surface area contributed by atoms with E-state index < -0.39 is 0 Å². The Bertz CT molecular complexity index is 2470. The Labute approximate surface area is 294 Å². The van der Waals surface area contributed by atoms with Crippen LogP contribution in [-0.2, 0) is 5.41 Å². The van der Waals surface area contributed by atoms with Crippen LogP contribution in [0.3, 0.4) is 0 Å². The standard InChI is InChI=1S/C49H37N/c1-49(2)47-20-12-11-19-44(47)46-33-40(32-45(48(46)49)38-16-7-4-8-17-38)37-23-28-42(29-24-37)50(43-30-25-35-15-9-10-18-39(35)31-43)41-26-21-36(22-27-41)34-13-5-3-6-14-34/h3-33H,1-2H3. The van der Waals surface area contributed by atoms with Crippen LogP contribution in [0.2, 0.25) is 0 Å². The van der Waals surface area contributed by atoms with E-state index in [1.54, 1.807) is 0 Å². The van der Waals surface area contributed by atoms with Crippen molar-refractivity contribution in [3.05, 3.63) is 199 Å². The Morgan fingerprint density at radius 2 is 0.840 bits per heavy atom. The van der Waals surface area contributed by atoms with Crippen LogP contribution in [0, 0.1) is 0 Å². The van der Waals surface area contributed by atoms with E-state index in [-0.39, 0.29) is 5.41 Å². The van der Waals surface area contributed by atoms with E-state index in [1.165, 1.54) is 66.4 Å². The van der Waals surface area contributed by atoms with Crippen LogP contribution in [-0.4, -0.2) is 0 Å². The Morgan fingerprint density at radius 1 is 0.340 bits per heavy atom. The van der Waals surface area contributed by atoms with Crippen molar-refractivity contribution in [3.8, 4) is 44.5 Å². The van der Waals surface area contributed by atoms with Crippen molar-refractivity contribution in [2.24, 2.45) is 0 Å². The molecule has 1 aliphatic carbocycles. The molecule has 0 radical (unpaired) electrons. The average Bonchev–Trinajstić information content (AvgIpc) is 3.42. The maximum Gasteiger partial charge on any atom is 0.0468 e. The Balaban J connectivity index is 1.16. The summed E-state index contributed by atoms with van der Waals surface area (Å²) in [4.78, 5) is 2.36. The van der Waals surface area contributed by atoms with Crippen molar-refractivity contribution in [2.75, 3.05) is 4.90 Å². The lowest BCUT2D eigenvalue weighted by molar-refractivity contribution is 0.662. The van der Waals surface area contributed by atoms with E-state index in [0.717, 1.165) is 17.1 Å². The summed E-state index contributed by atoms with van der Waals surface area (Å²) in [5, 5.41) is 2.46. The molecular formula is C49H37N. The van der Waals surface area contributed by atoms with E-state index in [0.29, 0.717) is 0 Å². The molecule has 1 aliphatic rings. The van der Waals surface area contributed by atoms with Gasteiger partial charge in [-0.15, -0.1) is 0 Å². The Hall–Kier alpha value is -6.18. The van der Waals surface area contributed by atoms with E-state index in [2.05, 4.69) is 207 Å². The monoisotopic (exact) mass is 639 g/mol. The van der Waals surface area contributed by atoms with Crippen LogP contribution in [0.25, 0.3) is 55.3 Å². The summed E-state index contributed by atoms with van der Waals surface area (Å²) < 4.78 is 0. The quantitative estimate of drug-likeness (QED) is 0.175. The second-order valence-electron chi connectivity index (χ2n) is 13.8. The van der Waals surface area contributed by atoms with Gasteiger partial charge in [-0.3, -0.25) is 0 Å². The fraction of sp³-hybridized carbons (Fsp3) is 0.0612. The zero-order valence-electron chi connectivity index (χ0n) is 28.3. The van der Waals surface area contributed by atoms with Gasteiger partial charge in [0.2, 0.25) is 0 Å². The highest BCUT2D eigenvalue weighted by atomic mass is 15.1. The first-order valence-corrected chi connectivity index (χ1v) is 17.4. The van der Waals surface area contributed by atoms with Gasteiger partial charge in [-0.2, -0.15) is 0 Å². The maximum absolute atomic E-state index is 2.41. The van der Waals surface area contributed by atoms with Crippen molar-refractivity contribution >= 4 is 27.8 Å². The number of fused-ring (bicyclic) bond motifs is 4. The Morgan fingerprint density at radius 3 is 1.52 bits per heavy atom. The van der Waals surface area contributed by atoms with Gasteiger partial charge in [0.25, 0.3) is 0 Å². The van der Waals surface area contributed by atoms with E-state index in [9.17, 15) is 0 Å². The van der Waals surface area contributed by atoms with E-state index >= 15 is 0 Å². The summed E-state index contributed by atoms with van der Waals surface area (Å²) in [5.74, 6) is 0. The van der Waals surface area contributed by atoms with Crippen LogP contribution in [0.15, 0.2) is 188 Å². The lowest BCUT2D eigenvalue weighted by Crippen LogP contribution is -2.16. The van der Waals surface area contributed by atoms with Gasteiger partial charge in [-0.05, 0) is 115 Å². The zero-order valence-corrected chi connectivity index (χ0v) is 28.3. The van der Waals surface area contributed by atoms with Crippen molar-refractivity contribution in [2.45, 2.75) is 19.3 Å². The molecule has 0 amide bonds. The predicted octanol–water partition coefficient (Wildman–Crippen LogP) is 13.6. The van der Waals surface area contributed by atoms with E-state index in [4.69, 9.17) is 0 Å². The first-order valence-electron chi connectivity index (χ1n) is 17.4. The topological polar surface area (TPSA) is 3.24 Å². The molecule has 0 atom stereocenters. The first-order chi connectivity index (χ1) is 24.5. The largest absolute Gasteiger partial charge is 0.310 e. The molecule has 0 aliphatic heterocycles. The number of anilines is 3.